The topological polar surface area (TPSA) is 82.6 Å². The van der Waals surface area contributed by atoms with Crippen molar-refractivity contribution in [3.05, 3.63) is 39.3 Å². The Hall–Kier alpha value is -2.16. The lowest BCUT2D eigenvalue weighted by Crippen LogP contribution is -2.39. The summed E-state index contributed by atoms with van der Waals surface area (Å²) in [5.74, 6) is -0.498. The molecular formula is C20H22Cl2N4O3S. The van der Waals surface area contributed by atoms with E-state index in [4.69, 9.17) is 23.2 Å². The Morgan fingerprint density at radius 3 is 2.83 bits per heavy atom. The third kappa shape index (κ3) is 5.71. The average molecular weight is 469 g/mol. The van der Waals surface area contributed by atoms with Crippen LogP contribution in [0.1, 0.15) is 31.9 Å². The highest BCUT2D eigenvalue weighted by atomic mass is 35.5. The predicted molar refractivity (Wildman–Crippen MR) is 119 cm³/mol. The number of aromatic nitrogens is 1. The summed E-state index contributed by atoms with van der Waals surface area (Å²) in [7, 11) is 0. The number of nitrogens with zero attached hydrogens (tertiary/aromatic N) is 3. The molecule has 10 heteroatoms. The summed E-state index contributed by atoms with van der Waals surface area (Å²) in [5, 5.41) is 5.92. The zero-order valence-electron chi connectivity index (χ0n) is 16.5. The quantitative estimate of drug-likeness (QED) is 0.634. The number of carbonyl (C=O) groups excluding carboxylic acids is 3. The maximum absolute atomic E-state index is 12.8. The highest BCUT2D eigenvalue weighted by Gasteiger charge is 2.25. The molecule has 1 aromatic carbocycles. The van der Waals surface area contributed by atoms with Crippen molar-refractivity contribution in [2.75, 3.05) is 29.9 Å². The Balaban J connectivity index is 1.61. The molecule has 0 spiro atoms. The van der Waals surface area contributed by atoms with Crippen LogP contribution in [-0.2, 0) is 20.8 Å². The lowest BCUT2D eigenvalue weighted by atomic mass is 10.2. The fourth-order valence-electron chi connectivity index (χ4n) is 3.14. The molecule has 2 heterocycles. The van der Waals surface area contributed by atoms with Crippen LogP contribution < -0.4 is 10.2 Å². The van der Waals surface area contributed by atoms with Gasteiger partial charge in [0.2, 0.25) is 17.7 Å². The molecule has 0 atom stereocenters. The third-order valence-corrected chi connectivity index (χ3v) is 6.04. The van der Waals surface area contributed by atoms with Crippen LogP contribution in [0, 0.1) is 0 Å². The third-order valence-electron chi connectivity index (χ3n) is 4.56. The van der Waals surface area contributed by atoms with Crippen molar-refractivity contribution in [3.8, 4) is 0 Å². The molecule has 1 aliphatic rings. The van der Waals surface area contributed by atoms with Crippen molar-refractivity contribution in [1.82, 2.24) is 9.88 Å². The summed E-state index contributed by atoms with van der Waals surface area (Å²) in [6.45, 7) is 2.94. The van der Waals surface area contributed by atoms with E-state index in [9.17, 15) is 14.4 Å². The number of hydrogen-bond donors (Lipinski definition) is 1. The number of rotatable bonds is 8. The summed E-state index contributed by atoms with van der Waals surface area (Å²) in [6, 6.07) is 4.79. The van der Waals surface area contributed by atoms with Crippen molar-refractivity contribution < 1.29 is 14.4 Å². The van der Waals surface area contributed by atoms with Gasteiger partial charge < -0.3 is 10.2 Å². The van der Waals surface area contributed by atoms with Crippen LogP contribution in [0.5, 0.6) is 0 Å². The Labute approximate surface area is 189 Å². The van der Waals surface area contributed by atoms with Crippen LogP contribution in [0.3, 0.4) is 0 Å². The van der Waals surface area contributed by atoms with E-state index in [0.717, 1.165) is 6.42 Å². The van der Waals surface area contributed by atoms with Gasteiger partial charge in [0.05, 0.1) is 29.4 Å². The second-order valence-electron chi connectivity index (χ2n) is 6.93. The number of nitrogens with one attached hydrogen (secondary N) is 1. The van der Waals surface area contributed by atoms with Gasteiger partial charge >= 0.3 is 0 Å². The molecule has 0 unspecified atom stereocenters. The van der Waals surface area contributed by atoms with Gasteiger partial charge in [-0.25, -0.2) is 4.98 Å². The zero-order valence-corrected chi connectivity index (χ0v) is 18.8. The fraction of sp³-hybridized carbons (Fsp3) is 0.400. The number of amides is 3. The van der Waals surface area contributed by atoms with Crippen LogP contribution in [0.2, 0.25) is 10.0 Å². The first kappa shape index (κ1) is 22.5. The number of carbonyl (C=O) groups is 3. The van der Waals surface area contributed by atoms with E-state index in [1.54, 1.807) is 28.5 Å². The normalized spacial score (nSPS) is 13.6. The molecule has 1 aliphatic heterocycles. The van der Waals surface area contributed by atoms with Gasteiger partial charge in [0.25, 0.3) is 0 Å². The van der Waals surface area contributed by atoms with Crippen molar-refractivity contribution in [2.24, 2.45) is 0 Å². The Bertz CT molecular complexity index is 950. The summed E-state index contributed by atoms with van der Waals surface area (Å²) < 4.78 is 0. The van der Waals surface area contributed by atoms with E-state index in [1.165, 1.54) is 16.2 Å². The minimum atomic E-state index is -0.359. The molecule has 0 bridgehead atoms. The van der Waals surface area contributed by atoms with Crippen LogP contribution in [0.25, 0.3) is 0 Å². The van der Waals surface area contributed by atoms with Crippen LogP contribution in [0.15, 0.2) is 23.6 Å². The monoisotopic (exact) mass is 468 g/mol. The van der Waals surface area contributed by atoms with Crippen molar-refractivity contribution in [2.45, 2.75) is 32.6 Å². The standard InChI is InChI=1S/C20H22Cl2N4O3S/c1-2-7-25(11-17(27)24-16-9-13(21)5-6-15(16)22)19(29)10-14-12-30-20(23-14)26-8-3-4-18(26)28/h5-6,9,12H,2-4,7-8,10-11H2,1H3,(H,24,27). The van der Waals surface area contributed by atoms with Crippen LogP contribution in [-0.4, -0.2) is 47.2 Å². The van der Waals surface area contributed by atoms with Gasteiger partial charge in [0.15, 0.2) is 5.13 Å². The van der Waals surface area contributed by atoms with Gasteiger partial charge in [0, 0.05) is 29.9 Å². The molecule has 7 nitrogen and oxygen atoms in total. The molecule has 1 fully saturated rings. The molecule has 160 valence electrons. The Morgan fingerprint density at radius 2 is 2.13 bits per heavy atom. The smallest absolute Gasteiger partial charge is 0.244 e. The van der Waals surface area contributed by atoms with Gasteiger partial charge in [0.1, 0.15) is 0 Å². The van der Waals surface area contributed by atoms with Gasteiger partial charge in [-0.1, -0.05) is 30.1 Å². The Kier molecular flexibility index (Phi) is 7.69. The molecule has 3 rings (SSSR count). The van der Waals surface area contributed by atoms with E-state index < -0.39 is 0 Å². The highest BCUT2D eigenvalue weighted by Crippen LogP contribution is 2.26. The molecule has 0 radical (unpaired) electrons. The van der Waals surface area contributed by atoms with Crippen molar-refractivity contribution in [1.29, 1.82) is 0 Å². The summed E-state index contributed by atoms with van der Waals surface area (Å²) >= 11 is 13.4. The summed E-state index contributed by atoms with van der Waals surface area (Å²) in [5.41, 5.74) is 0.997. The molecule has 1 saturated heterocycles. The molecule has 30 heavy (non-hydrogen) atoms. The van der Waals surface area contributed by atoms with Crippen LogP contribution in [0.4, 0.5) is 10.8 Å². The SMILES string of the molecule is CCCN(CC(=O)Nc1cc(Cl)ccc1Cl)C(=O)Cc1csc(N2CCCC2=O)n1. The van der Waals surface area contributed by atoms with Crippen molar-refractivity contribution in [3.63, 3.8) is 0 Å². The molecule has 2 aromatic rings. The predicted octanol–water partition coefficient (Wildman–Crippen LogP) is 4.00. The van der Waals surface area contributed by atoms with Gasteiger partial charge in [-0.2, -0.15) is 0 Å². The molecule has 3 amide bonds. The lowest BCUT2D eigenvalue weighted by Gasteiger charge is -2.21. The largest absolute Gasteiger partial charge is 0.333 e. The molecular weight excluding hydrogens is 447 g/mol. The Morgan fingerprint density at radius 1 is 1.33 bits per heavy atom. The molecule has 0 aliphatic carbocycles. The fourth-order valence-corrected chi connectivity index (χ4v) is 4.34. The van der Waals surface area contributed by atoms with Gasteiger partial charge in [-0.05, 0) is 31.0 Å². The number of benzene rings is 1. The average Bonchev–Trinajstić information content (AvgIpc) is 3.33. The first-order chi connectivity index (χ1) is 14.4. The van der Waals surface area contributed by atoms with Crippen LogP contribution >= 0.6 is 34.5 Å². The van der Waals surface area contributed by atoms with Gasteiger partial charge in [-0.15, -0.1) is 11.3 Å². The van der Waals surface area contributed by atoms with E-state index >= 15 is 0 Å². The lowest BCUT2D eigenvalue weighted by molar-refractivity contribution is -0.134. The van der Waals surface area contributed by atoms with E-state index in [1.807, 2.05) is 6.92 Å². The summed E-state index contributed by atoms with van der Waals surface area (Å²) in [6.07, 6.45) is 2.14. The second kappa shape index (κ2) is 10.2. The van der Waals surface area contributed by atoms with E-state index in [2.05, 4.69) is 10.3 Å². The van der Waals surface area contributed by atoms with Gasteiger partial charge in [-0.3, -0.25) is 19.3 Å². The van der Waals surface area contributed by atoms with E-state index in [-0.39, 0.29) is 30.7 Å². The molecule has 1 aromatic heterocycles. The van der Waals surface area contributed by atoms with E-state index in [0.29, 0.717) is 52.5 Å². The first-order valence-electron chi connectivity index (χ1n) is 9.64. The maximum Gasteiger partial charge on any atom is 0.244 e. The number of thiazole rings is 1. The number of anilines is 2. The minimum Gasteiger partial charge on any atom is -0.333 e. The van der Waals surface area contributed by atoms with Crippen molar-refractivity contribution >= 4 is 63.1 Å². The number of hydrogen-bond acceptors (Lipinski definition) is 5. The summed E-state index contributed by atoms with van der Waals surface area (Å²) in [4.78, 5) is 44.7. The maximum atomic E-state index is 12.8. The zero-order chi connectivity index (χ0) is 21.7. The molecule has 1 N–H and O–H groups in total. The first-order valence-corrected chi connectivity index (χ1v) is 11.3. The molecule has 0 saturated carbocycles. The highest BCUT2D eigenvalue weighted by molar-refractivity contribution is 7.14. The minimum absolute atomic E-state index is 0.0613. The number of halogens is 2. The second-order valence-corrected chi connectivity index (χ2v) is 8.61.